The van der Waals surface area contributed by atoms with Crippen LogP contribution in [-0.2, 0) is 6.42 Å². The Morgan fingerprint density at radius 2 is 1.60 bits per heavy atom. The molecule has 4 rings (SSSR count). The van der Waals surface area contributed by atoms with E-state index in [1.165, 1.54) is 16.3 Å². The first-order valence-electron chi connectivity index (χ1n) is 8.14. The van der Waals surface area contributed by atoms with E-state index < -0.39 is 0 Å². The molecule has 4 N–H and O–H groups in total. The Morgan fingerprint density at radius 3 is 2.32 bits per heavy atom. The molecule has 0 radical (unpaired) electrons. The van der Waals surface area contributed by atoms with Gasteiger partial charge in [0.2, 0.25) is 0 Å². The molecule has 0 atom stereocenters. The first kappa shape index (κ1) is 17.2. The van der Waals surface area contributed by atoms with Gasteiger partial charge in [0.1, 0.15) is 0 Å². The molecule has 0 aliphatic rings. The van der Waals surface area contributed by atoms with Gasteiger partial charge in [-0.3, -0.25) is 0 Å². The van der Waals surface area contributed by atoms with Crippen LogP contribution in [0.3, 0.4) is 0 Å². The number of aryl methyl sites for hydroxylation is 1. The number of nitrogen functional groups attached to an aromatic ring is 2. The summed E-state index contributed by atoms with van der Waals surface area (Å²) in [5.74, 6) is 0. The van der Waals surface area contributed by atoms with Crippen molar-refractivity contribution in [1.29, 1.82) is 0 Å². The lowest BCUT2D eigenvalue weighted by molar-refractivity contribution is 1.16. The van der Waals surface area contributed by atoms with Crippen LogP contribution in [0.4, 0.5) is 11.4 Å². The summed E-state index contributed by atoms with van der Waals surface area (Å²) in [6, 6.07) is 20.3. The summed E-state index contributed by atoms with van der Waals surface area (Å²) in [4.78, 5) is 4.95. The second-order valence-electron chi connectivity index (χ2n) is 6.06. The quantitative estimate of drug-likeness (QED) is 0.355. The smallest absolute Gasteiger partial charge is 0.0788 e. The first-order valence-corrected chi connectivity index (χ1v) is 8.14. The van der Waals surface area contributed by atoms with E-state index in [1.54, 1.807) is 0 Å². The van der Waals surface area contributed by atoms with Gasteiger partial charge in [-0.05, 0) is 41.6 Å². The summed E-state index contributed by atoms with van der Waals surface area (Å²) in [5, 5.41) is 3.42. The number of aromatic nitrogens is 1. The molecule has 25 heavy (non-hydrogen) atoms. The highest BCUT2D eigenvalue weighted by atomic mass is 79.9. The van der Waals surface area contributed by atoms with E-state index in [-0.39, 0.29) is 17.0 Å². The van der Waals surface area contributed by atoms with E-state index in [2.05, 4.69) is 25.1 Å². The molecule has 0 aliphatic carbocycles. The second-order valence-corrected chi connectivity index (χ2v) is 6.06. The number of rotatable bonds is 2. The zero-order valence-corrected chi connectivity index (χ0v) is 15.7. The topological polar surface area (TPSA) is 64.9 Å². The monoisotopic (exact) mass is 393 g/mol. The minimum absolute atomic E-state index is 0. The minimum Gasteiger partial charge on any atom is -0.399 e. The summed E-state index contributed by atoms with van der Waals surface area (Å²) in [6.07, 6.45) is 0.910. The molecular formula is C21H20BrN3. The molecular weight excluding hydrogens is 374 g/mol. The van der Waals surface area contributed by atoms with E-state index in [1.807, 2.05) is 42.5 Å². The van der Waals surface area contributed by atoms with Crippen LogP contribution < -0.4 is 11.5 Å². The van der Waals surface area contributed by atoms with Crippen LogP contribution >= 0.6 is 17.0 Å². The van der Waals surface area contributed by atoms with Gasteiger partial charge in [0.05, 0.1) is 11.2 Å². The van der Waals surface area contributed by atoms with Crippen LogP contribution in [0, 0.1) is 0 Å². The Kier molecular flexibility index (Phi) is 4.64. The van der Waals surface area contributed by atoms with E-state index in [0.29, 0.717) is 0 Å². The first-order chi connectivity index (χ1) is 11.7. The predicted molar refractivity (Wildman–Crippen MR) is 113 cm³/mol. The fourth-order valence-electron chi connectivity index (χ4n) is 3.36. The number of hydrogen-bond acceptors (Lipinski definition) is 3. The molecule has 0 spiro atoms. The van der Waals surface area contributed by atoms with Gasteiger partial charge in [-0.1, -0.05) is 43.3 Å². The van der Waals surface area contributed by atoms with Gasteiger partial charge in [-0.25, -0.2) is 4.98 Å². The Balaban J connectivity index is 0.00000182. The molecule has 4 heteroatoms. The maximum atomic E-state index is 6.10. The average Bonchev–Trinajstić information content (AvgIpc) is 2.60. The van der Waals surface area contributed by atoms with Crippen LogP contribution in [-0.4, -0.2) is 4.98 Å². The number of hydrogen-bond donors (Lipinski definition) is 2. The minimum atomic E-state index is 0. The molecule has 4 aromatic rings. The lowest BCUT2D eigenvalue weighted by Gasteiger charge is -2.14. The predicted octanol–water partition coefficient (Wildman–Crippen LogP) is 5.36. The Morgan fingerprint density at radius 1 is 0.840 bits per heavy atom. The Hall–Kier alpha value is -2.59. The molecule has 0 fully saturated rings. The SMILES string of the molecule is Br.CCc1cc(N)cc2nc(-c3ccccc3)c3cc(N)ccc3c12. The van der Waals surface area contributed by atoms with Gasteiger partial charge in [0.15, 0.2) is 0 Å². The zero-order chi connectivity index (χ0) is 16.7. The highest BCUT2D eigenvalue weighted by molar-refractivity contribution is 8.93. The summed E-state index contributed by atoms with van der Waals surface area (Å²) >= 11 is 0. The van der Waals surface area contributed by atoms with Crippen LogP contribution in [0.1, 0.15) is 12.5 Å². The van der Waals surface area contributed by atoms with Crippen molar-refractivity contribution in [2.75, 3.05) is 11.5 Å². The normalized spacial score (nSPS) is 10.8. The lowest BCUT2D eigenvalue weighted by atomic mass is 9.95. The van der Waals surface area contributed by atoms with E-state index >= 15 is 0 Å². The molecule has 3 aromatic carbocycles. The highest BCUT2D eigenvalue weighted by Gasteiger charge is 2.13. The van der Waals surface area contributed by atoms with Gasteiger partial charge in [0.25, 0.3) is 0 Å². The Labute approximate surface area is 157 Å². The molecule has 0 unspecified atom stereocenters. The van der Waals surface area contributed by atoms with Gasteiger partial charge < -0.3 is 11.5 Å². The lowest BCUT2D eigenvalue weighted by Crippen LogP contribution is -1.96. The maximum absolute atomic E-state index is 6.10. The van der Waals surface area contributed by atoms with Crippen molar-refractivity contribution in [3.63, 3.8) is 0 Å². The number of nitrogens with zero attached hydrogens (tertiary/aromatic N) is 1. The fourth-order valence-corrected chi connectivity index (χ4v) is 3.36. The van der Waals surface area contributed by atoms with E-state index in [4.69, 9.17) is 16.5 Å². The molecule has 0 bridgehead atoms. The van der Waals surface area contributed by atoms with Crippen LogP contribution in [0.2, 0.25) is 0 Å². The standard InChI is InChI=1S/C21H19N3.BrH/c1-2-13-10-16(23)12-19-20(13)17-9-8-15(22)11-18(17)21(24-19)14-6-4-3-5-7-14;/h3-12H,2,22-23H2,1H3;1H. The molecule has 126 valence electrons. The van der Waals surface area contributed by atoms with Gasteiger partial charge >= 0.3 is 0 Å². The average molecular weight is 394 g/mol. The van der Waals surface area contributed by atoms with Crippen LogP contribution in [0.15, 0.2) is 60.7 Å². The number of anilines is 2. The van der Waals surface area contributed by atoms with Crippen molar-refractivity contribution in [1.82, 2.24) is 4.98 Å². The summed E-state index contributed by atoms with van der Waals surface area (Å²) in [5.41, 5.74) is 17.8. The van der Waals surface area contributed by atoms with Crippen LogP contribution in [0.5, 0.6) is 0 Å². The van der Waals surface area contributed by atoms with Gasteiger partial charge in [-0.2, -0.15) is 0 Å². The molecule has 1 heterocycles. The molecule has 3 nitrogen and oxygen atoms in total. The third-order valence-electron chi connectivity index (χ3n) is 4.45. The maximum Gasteiger partial charge on any atom is 0.0788 e. The van der Waals surface area contributed by atoms with Crippen molar-refractivity contribution >= 4 is 50.0 Å². The van der Waals surface area contributed by atoms with Crippen molar-refractivity contribution in [3.05, 3.63) is 66.2 Å². The molecule has 0 aliphatic heterocycles. The third-order valence-corrected chi connectivity index (χ3v) is 4.45. The van der Waals surface area contributed by atoms with E-state index in [0.717, 1.165) is 40.0 Å². The molecule has 0 saturated heterocycles. The molecule has 0 amide bonds. The number of halogens is 1. The molecule has 0 saturated carbocycles. The van der Waals surface area contributed by atoms with Crippen molar-refractivity contribution in [3.8, 4) is 11.3 Å². The molecule has 1 aromatic heterocycles. The largest absolute Gasteiger partial charge is 0.399 e. The Bertz CT molecular complexity index is 1060. The van der Waals surface area contributed by atoms with Crippen molar-refractivity contribution in [2.24, 2.45) is 0 Å². The number of pyridine rings is 1. The van der Waals surface area contributed by atoms with Gasteiger partial charge in [0, 0.05) is 27.7 Å². The van der Waals surface area contributed by atoms with Crippen molar-refractivity contribution < 1.29 is 0 Å². The fraction of sp³-hybridized carbons (Fsp3) is 0.0952. The van der Waals surface area contributed by atoms with Gasteiger partial charge in [-0.15, -0.1) is 17.0 Å². The number of nitrogens with two attached hydrogens (primary N) is 2. The summed E-state index contributed by atoms with van der Waals surface area (Å²) < 4.78 is 0. The van der Waals surface area contributed by atoms with E-state index in [9.17, 15) is 0 Å². The summed E-state index contributed by atoms with van der Waals surface area (Å²) in [7, 11) is 0. The highest BCUT2D eigenvalue weighted by Crippen LogP contribution is 2.36. The zero-order valence-electron chi connectivity index (χ0n) is 14.0. The second kappa shape index (κ2) is 6.73. The van der Waals surface area contributed by atoms with Crippen LogP contribution in [0.25, 0.3) is 32.9 Å². The van der Waals surface area contributed by atoms with Crippen molar-refractivity contribution in [2.45, 2.75) is 13.3 Å². The number of fused-ring (bicyclic) bond motifs is 3. The number of benzene rings is 3. The third kappa shape index (κ3) is 2.94. The summed E-state index contributed by atoms with van der Waals surface area (Å²) in [6.45, 7) is 2.14.